The van der Waals surface area contributed by atoms with Gasteiger partial charge < -0.3 is 9.84 Å². The van der Waals surface area contributed by atoms with Crippen molar-refractivity contribution in [3.63, 3.8) is 0 Å². The number of hydrogen-bond donors (Lipinski definition) is 1. The maximum atomic E-state index is 12.7. The Balaban J connectivity index is 2.01. The molecule has 0 fully saturated rings. The summed E-state index contributed by atoms with van der Waals surface area (Å²) in [7, 11) is 0. The van der Waals surface area contributed by atoms with Crippen molar-refractivity contribution in [3.8, 4) is 17.2 Å². The van der Waals surface area contributed by atoms with Gasteiger partial charge in [0.1, 0.15) is 11.5 Å². The fraction of sp³-hybridized carbons (Fsp3) is 0.0588. The summed E-state index contributed by atoms with van der Waals surface area (Å²) in [5, 5.41) is 10.7. The van der Waals surface area contributed by atoms with E-state index in [1.807, 2.05) is 0 Å². The number of benzene rings is 3. The second-order valence-electron chi connectivity index (χ2n) is 5.03. The van der Waals surface area contributed by atoms with Crippen LogP contribution >= 0.6 is 23.2 Å². The molecule has 1 N–H and O–H groups in total. The Morgan fingerprint density at radius 2 is 1.58 bits per heavy atom. The summed E-state index contributed by atoms with van der Waals surface area (Å²) in [5.74, 6) is 0.260. The Bertz CT molecular complexity index is 900. The summed E-state index contributed by atoms with van der Waals surface area (Å²) < 4.78 is 43.7. The molecule has 0 radical (unpaired) electrons. The molecule has 0 aliphatic rings. The maximum Gasteiger partial charge on any atom is 0.416 e. The summed E-state index contributed by atoms with van der Waals surface area (Å²) in [6.45, 7) is 0. The minimum Gasteiger partial charge on any atom is -0.507 e. The van der Waals surface area contributed by atoms with Gasteiger partial charge in [-0.3, -0.25) is 0 Å². The van der Waals surface area contributed by atoms with Crippen molar-refractivity contribution < 1.29 is 23.0 Å². The number of hydrogen-bond acceptors (Lipinski definition) is 2. The molecule has 3 aromatic carbocycles. The van der Waals surface area contributed by atoms with Gasteiger partial charge in [0.2, 0.25) is 0 Å². The minimum absolute atomic E-state index is 0.0579. The predicted octanol–water partition coefficient (Wildman–Crippen LogP) is 6.66. The molecule has 0 aliphatic heterocycles. The van der Waals surface area contributed by atoms with Crippen molar-refractivity contribution >= 4 is 34.0 Å². The van der Waals surface area contributed by atoms with Crippen LogP contribution in [0.5, 0.6) is 17.2 Å². The quantitative estimate of drug-likeness (QED) is 0.544. The molecule has 3 aromatic rings. The van der Waals surface area contributed by atoms with Gasteiger partial charge in [0, 0.05) is 5.39 Å². The van der Waals surface area contributed by atoms with Gasteiger partial charge in [0.05, 0.1) is 15.6 Å². The van der Waals surface area contributed by atoms with E-state index in [2.05, 4.69) is 0 Å². The van der Waals surface area contributed by atoms with Crippen molar-refractivity contribution in [1.29, 1.82) is 0 Å². The molecule has 0 aliphatic carbocycles. The molecule has 3 rings (SSSR count). The lowest BCUT2D eigenvalue weighted by molar-refractivity contribution is -0.137. The van der Waals surface area contributed by atoms with E-state index >= 15 is 0 Å². The smallest absolute Gasteiger partial charge is 0.416 e. The van der Waals surface area contributed by atoms with Crippen LogP contribution in [0.3, 0.4) is 0 Å². The van der Waals surface area contributed by atoms with E-state index in [9.17, 15) is 18.3 Å². The van der Waals surface area contributed by atoms with Crippen LogP contribution in [0.4, 0.5) is 13.2 Å². The monoisotopic (exact) mass is 372 g/mol. The summed E-state index contributed by atoms with van der Waals surface area (Å²) in [6, 6.07) is 11.4. The fourth-order valence-electron chi connectivity index (χ4n) is 2.24. The van der Waals surface area contributed by atoms with Crippen LogP contribution in [-0.4, -0.2) is 5.11 Å². The Morgan fingerprint density at radius 1 is 0.917 bits per heavy atom. The van der Waals surface area contributed by atoms with Crippen LogP contribution in [-0.2, 0) is 6.18 Å². The van der Waals surface area contributed by atoms with E-state index in [0.29, 0.717) is 5.39 Å². The van der Waals surface area contributed by atoms with Gasteiger partial charge in [-0.05, 0) is 35.7 Å². The molecular weight excluding hydrogens is 364 g/mol. The summed E-state index contributed by atoms with van der Waals surface area (Å²) in [6.07, 6.45) is -4.56. The predicted molar refractivity (Wildman–Crippen MR) is 87.2 cm³/mol. The number of phenolic OH excluding ortho intramolecular Hbond substituents is 1. The minimum atomic E-state index is -4.56. The first kappa shape index (κ1) is 16.7. The van der Waals surface area contributed by atoms with Crippen LogP contribution in [0.15, 0.2) is 48.5 Å². The van der Waals surface area contributed by atoms with Gasteiger partial charge in [0.15, 0.2) is 5.75 Å². The normalized spacial score (nSPS) is 11.7. The molecule has 7 heteroatoms. The second-order valence-corrected chi connectivity index (χ2v) is 5.84. The molecular formula is C17H9Cl2F3O2. The molecule has 0 aromatic heterocycles. The van der Waals surface area contributed by atoms with Gasteiger partial charge >= 0.3 is 6.18 Å². The first-order chi connectivity index (χ1) is 11.3. The van der Waals surface area contributed by atoms with Crippen LogP contribution in [0.25, 0.3) is 10.8 Å². The molecule has 124 valence electrons. The van der Waals surface area contributed by atoms with Crippen molar-refractivity contribution in [2.75, 3.05) is 0 Å². The van der Waals surface area contributed by atoms with Gasteiger partial charge in [-0.25, -0.2) is 0 Å². The van der Waals surface area contributed by atoms with Crippen LogP contribution in [0.1, 0.15) is 5.56 Å². The number of rotatable bonds is 2. The zero-order chi connectivity index (χ0) is 17.5. The van der Waals surface area contributed by atoms with Crippen LogP contribution in [0.2, 0.25) is 10.0 Å². The number of ether oxygens (including phenoxy) is 1. The third kappa shape index (κ3) is 3.23. The Hall–Kier alpha value is -2.11. The Morgan fingerprint density at radius 3 is 2.21 bits per heavy atom. The average Bonchev–Trinajstić information content (AvgIpc) is 2.50. The van der Waals surface area contributed by atoms with E-state index in [1.54, 1.807) is 30.3 Å². The van der Waals surface area contributed by atoms with E-state index < -0.39 is 11.7 Å². The first-order valence-corrected chi connectivity index (χ1v) is 7.47. The molecule has 24 heavy (non-hydrogen) atoms. The van der Waals surface area contributed by atoms with Gasteiger partial charge in [-0.15, -0.1) is 0 Å². The molecule has 0 spiro atoms. The molecule has 2 nitrogen and oxygen atoms in total. The number of halogens is 5. The summed E-state index contributed by atoms with van der Waals surface area (Å²) in [4.78, 5) is 0. The molecule has 0 saturated carbocycles. The lowest BCUT2D eigenvalue weighted by Crippen LogP contribution is -2.05. The molecule has 0 bridgehead atoms. The zero-order valence-electron chi connectivity index (χ0n) is 11.9. The molecule has 0 atom stereocenters. The molecule has 0 heterocycles. The highest BCUT2D eigenvalue weighted by atomic mass is 35.5. The van der Waals surface area contributed by atoms with Crippen LogP contribution < -0.4 is 4.74 Å². The molecule has 0 amide bonds. The summed E-state index contributed by atoms with van der Waals surface area (Å²) >= 11 is 11.8. The van der Waals surface area contributed by atoms with Crippen molar-refractivity contribution in [3.05, 3.63) is 64.1 Å². The lowest BCUT2D eigenvalue weighted by atomic mass is 10.1. The molecule has 0 saturated heterocycles. The Kier molecular flexibility index (Phi) is 4.24. The van der Waals surface area contributed by atoms with Crippen molar-refractivity contribution in [2.45, 2.75) is 6.18 Å². The van der Waals surface area contributed by atoms with Crippen molar-refractivity contribution in [1.82, 2.24) is 0 Å². The third-order valence-electron chi connectivity index (χ3n) is 3.38. The lowest BCUT2D eigenvalue weighted by Gasteiger charge is -2.13. The van der Waals surface area contributed by atoms with E-state index in [1.165, 1.54) is 6.07 Å². The number of aromatic hydroxyl groups is 1. The topological polar surface area (TPSA) is 29.5 Å². The Labute approximate surface area is 145 Å². The number of fused-ring (bicyclic) bond motifs is 1. The van der Waals surface area contributed by atoms with E-state index in [4.69, 9.17) is 27.9 Å². The number of alkyl halides is 3. The second kappa shape index (κ2) is 6.07. The first-order valence-electron chi connectivity index (χ1n) is 6.71. The van der Waals surface area contributed by atoms with Crippen molar-refractivity contribution in [2.24, 2.45) is 0 Å². The molecule has 0 unspecified atom stereocenters. The highest BCUT2D eigenvalue weighted by molar-refractivity contribution is 6.37. The van der Waals surface area contributed by atoms with E-state index in [-0.39, 0.29) is 27.3 Å². The largest absolute Gasteiger partial charge is 0.507 e. The van der Waals surface area contributed by atoms with Gasteiger partial charge in [-0.1, -0.05) is 41.4 Å². The zero-order valence-corrected chi connectivity index (χ0v) is 13.4. The van der Waals surface area contributed by atoms with Crippen LogP contribution in [0, 0.1) is 0 Å². The maximum absolute atomic E-state index is 12.7. The highest BCUT2D eigenvalue weighted by Crippen LogP contribution is 2.42. The third-order valence-corrected chi connectivity index (χ3v) is 3.94. The average molecular weight is 373 g/mol. The number of phenols is 1. The van der Waals surface area contributed by atoms with Gasteiger partial charge in [0.25, 0.3) is 0 Å². The fourth-order valence-corrected chi connectivity index (χ4v) is 2.80. The summed E-state index contributed by atoms with van der Waals surface area (Å²) in [5.41, 5.74) is -0.957. The SMILES string of the molecule is Oc1cccc2ccc(Oc3c(Cl)cc(C(F)(F)F)cc3Cl)cc12. The standard InChI is InChI=1S/C17H9Cl2F3O2/c18-13-6-10(17(20,21)22)7-14(19)16(13)24-11-5-4-9-2-1-3-15(23)12(9)8-11/h1-8,23H. The van der Waals surface area contributed by atoms with E-state index in [0.717, 1.165) is 17.5 Å². The van der Waals surface area contributed by atoms with Gasteiger partial charge in [-0.2, -0.15) is 13.2 Å². The highest BCUT2D eigenvalue weighted by Gasteiger charge is 2.32.